The second kappa shape index (κ2) is 6.12. The lowest BCUT2D eigenvalue weighted by Gasteiger charge is -2.05. The first-order valence-corrected chi connectivity index (χ1v) is 5.42. The fourth-order valence-electron chi connectivity index (χ4n) is 1.37. The van der Waals surface area contributed by atoms with Crippen molar-refractivity contribution in [3.63, 3.8) is 0 Å². The van der Waals surface area contributed by atoms with Gasteiger partial charge in [-0.05, 0) is 18.1 Å². The highest BCUT2D eigenvalue weighted by Gasteiger charge is 2.03. The van der Waals surface area contributed by atoms with E-state index in [-0.39, 0.29) is 5.96 Å². The fourth-order valence-corrected chi connectivity index (χ4v) is 1.61. The van der Waals surface area contributed by atoms with Crippen molar-refractivity contribution in [2.45, 2.75) is 19.8 Å². The van der Waals surface area contributed by atoms with E-state index in [0.29, 0.717) is 5.02 Å². The van der Waals surface area contributed by atoms with Gasteiger partial charge in [-0.1, -0.05) is 37.1 Å². The summed E-state index contributed by atoms with van der Waals surface area (Å²) in [5.41, 5.74) is 12.4. The van der Waals surface area contributed by atoms with Gasteiger partial charge in [-0.25, -0.2) is 0 Å². The molecule has 0 radical (unpaired) electrons. The van der Waals surface area contributed by atoms with E-state index in [1.54, 1.807) is 6.21 Å². The maximum Gasteiger partial charge on any atom is 0.211 e. The van der Waals surface area contributed by atoms with Crippen molar-refractivity contribution in [1.29, 1.82) is 0 Å². The Labute approximate surface area is 100.0 Å². The Bertz CT molecular complexity index is 408. The summed E-state index contributed by atoms with van der Waals surface area (Å²) in [7, 11) is 0. The molecule has 0 saturated carbocycles. The van der Waals surface area contributed by atoms with Gasteiger partial charge in [0.15, 0.2) is 0 Å². The zero-order valence-corrected chi connectivity index (χ0v) is 9.91. The molecule has 0 fully saturated rings. The predicted octanol–water partition coefficient (Wildman–Crippen LogP) is 1.90. The molecule has 1 aromatic rings. The van der Waals surface area contributed by atoms with E-state index in [1.165, 1.54) is 0 Å². The van der Waals surface area contributed by atoms with Gasteiger partial charge in [0.25, 0.3) is 0 Å². The van der Waals surface area contributed by atoms with Crippen molar-refractivity contribution < 1.29 is 0 Å². The molecule has 0 aliphatic carbocycles. The number of rotatable bonds is 4. The summed E-state index contributed by atoms with van der Waals surface area (Å²) in [6, 6.07) is 5.76. The molecule has 0 unspecified atom stereocenters. The Hall–Kier alpha value is -1.55. The zero-order valence-electron chi connectivity index (χ0n) is 9.15. The van der Waals surface area contributed by atoms with Crippen LogP contribution in [0.3, 0.4) is 0 Å². The van der Waals surface area contributed by atoms with Crippen LogP contribution >= 0.6 is 11.6 Å². The van der Waals surface area contributed by atoms with Crippen LogP contribution in [-0.4, -0.2) is 12.2 Å². The van der Waals surface area contributed by atoms with Crippen molar-refractivity contribution in [3.8, 4) is 0 Å². The molecule has 1 aromatic carbocycles. The molecular formula is C11H15ClN4. The summed E-state index contributed by atoms with van der Waals surface area (Å²) in [5, 5.41) is 7.97. The second-order valence-corrected chi connectivity index (χ2v) is 3.74. The van der Waals surface area contributed by atoms with E-state index in [9.17, 15) is 0 Å². The lowest BCUT2D eigenvalue weighted by molar-refractivity contribution is 0.920. The third-order valence-corrected chi connectivity index (χ3v) is 2.35. The quantitative estimate of drug-likeness (QED) is 0.478. The van der Waals surface area contributed by atoms with Gasteiger partial charge >= 0.3 is 0 Å². The molecule has 4 nitrogen and oxygen atoms in total. The molecule has 0 aliphatic rings. The fraction of sp³-hybridized carbons (Fsp3) is 0.273. The zero-order chi connectivity index (χ0) is 12.0. The average Bonchev–Trinajstić information content (AvgIpc) is 2.22. The first kappa shape index (κ1) is 12.5. The van der Waals surface area contributed by atoms with Crippen LogP contribution < -0.4 is 11.5 Å². The van der Waals surface area contributed by atoms with Crippen LogP contribution in [-0.2, 0) is 6.42 Å². The Morgan fingerprint density at radius 2 is 2.19 bits per heavy atom. The number of hydrogen-bond acceptors (Lipinski definition) is 2. The maximum atomic E-state index is 6.08. The summed E-state index contributed by atoms with van der Waals surface area (Å²) >= 11 is 6.08. The van der Waals surface area contributed by atoms with Crippen LogP contribution in [0.25, 0.3) is 0 Å². The van der Waals surface area contributed by atoms with E-state index >= 15 is 0 Å². The minimum absolute atomic E-state index is 0.0691. The first-order chi connectivity index (χ1) is 7.65. The summed E-state index contributed by atoms with van der Waals surface area (Å²) in [6.45, 7) is 2.11. The van der Waals surface area contributed by atoms with Gasteiger partial charge in [0, 0.05) is 10.6 Å². The number of guanidine groups is 1. The number of nitrogens with zero attached hydrogens (tertiary/aromatic N) is 2. The van der Waals surface area contributed by atoms with Crippen LogP contribution in [0.4, 0.5) is 0 Å². The number of benzene rings is 1. The number of aryl methyl sites for hydroxylation is 1. The van der Waals surface area contributed by atoms with Gasteiger partial charge in [0.05, 0.1) is 6.21 Å². The Kier molecular flexibility index (Phi) is 4.79. The molecule has 0 amide bonds. The molecule has 0 heterocycles. The number of hydrogen-bond donors (Lipinski definition) is 2. The highest BCUT2D eigenvalue weighted by atomic mass is 35.5. The third kappa shape index (κ3) is 3.55. The topological polar surface area (TPSA) is 76.8 Å². The molecule has 0 atom stereocenters. The molecule has 0 saturated heterocycles. The second-order valence-electron chi connectivity index (χ2n) is 3.33. The molecule has 86 valence electrons. The Morgan fingerprint density at radius 3 is 2.81 bits per heavy atom. The minimum Gasteiger partial charge on any atom is -0.369 e. The van der Waals surface area contributed by atoms with Crippen LogP contribution in [0.15, 0.2) is 28.4 Å². The number of halogens is 1. The van der Waals surface area contributed by atoms with Gasteiger partial charge in [-0.3, -0.25) is 0 Å². The molecule has 1 rings (SSSR count). The van der Waals surface area contributed by atoms with Crippen LogP contribution in [0.1, 0.15) is 24.5 Å². The smallest absolute Gasteiger partial charge is 0.211 e. The molecule has 0 aliphatic heterocycles. The van der Waals surface area contributed by atoms with E-state index in [1.807, 2.05) is 18.2 Å². The van der Waals surface area contributed by atoms with Crippen molar-refractivity contribution in [1.82, 2.24) is 0 Å². The average molecular weight is 239 g/mol. The van der Waals surface area contributed by atoms with Gasteiger partial charge in [-0.15, -0.1) is 5.10 Å². The van der Waals surface area contributed by atoms with Crippen LogP contribution in [0, 0.1) is 0 Å². The largest absolute Gasteiger partial charge is 0.369 e. The van der Waals surface area contributed by atoms with E-state index in [4.69, 9.17) is 23.1 Å². The summed E-state index contributed by atoms with van der Waals surface area (Å²) < 4.78 is 0. The van der Waals surface area contributed by atoms with E-state index in [0.717, 1.165) is 24.0 Å². The first-order valence-electron chi connectivity index (χ1n) is 5.04. The summed E-state index contributed by atoms with van der Waals surface area (Å²) in [6.07, 6.45) is 3.57. The van der Waals surface area contributed by atoms with Gasteiger partial charge in [-0.2, -0.15) is 5.10 Å². The third-order valence-electron chi connectivity index (χ3n) is 2.02. The van der Waals surface area contributed by atoms with Crippen molar-refractivity contribution in [2.75, 3.05) is 0 Å². The molecule has 4 N–H and O–H groups in total. The lowest BCUT2D eigenvalue weighted by Crippen LogP contribution is -2.21. The summed E-state index contributed by atoms with van der Waals surface area (Å²) in [5.74, 6) is -0.0691. The van der Waals surface area contributed by atoms with E-state index < -0.39 is 0 Å². The van der Waals surface area contributed by atoms with Gasteiger partial charge in [0.1, 0.15) is 0 Å². The monoisotopic (exact) mass is 238 g/mol. The van der Waals surface area contributed by atoms with Gasteiger partial charge in [0.2, 0.25) is 5.96 Å². The Morgan fingerprint density at radius 1 is 1.44 bits per heavy atom. The normalized spacial score (nSPS) is 10.6. The van der Waals surface area contributed by atoms with Crippen molar-refractivity contribution in [3.05, 3.63) is 34.3 Å². The highest BCUT2D eigenvalue weighted by molar-refractivity contribution is 6.33. The van der Waals surface area contributed by atoms with Crippen molar-refractivity contribution >= 4 is 23.8 Å². The summed E-state index contributed by atoms with van der Waals surface area (Å²) in [4.78, 5) is 0. The lowest BCUT2D eigenvalue weighted by atomic mass is 10.0. The highest BCUT2D eigenvalue weighted by Crippen LogP contribution is 2.19. The molecule has 0 bridgehead atoms. The molecule has 0 aromatic heterocycles. The predicted molar refractivity (Wildman–Crippen MR) is 68.9 cm³/mol. The van der Waals surface area contributed by atoms with Crippen LogP contribution in [0.2, 0.25) is 5.02 Å². The van der Waals surface area contributed by atoms with E-state index in [2.05, 4.69) is 17.1 Å². The minimum atomic E-state index is -0.0691. The molecule has 5 heteroatoms. The van der Waals surface area contributed by atoms with Crippen molar-refractivity contribution in [2.24, 2.45) is 21.7 Å². The SMILES string of the molecule is CCCc1cccc(Cl)c1/C=N/N=C(N)N. The Balaban J connectivity index is 3.01. The number of nitrogens with two attached hydrogens (primary N) is 2. The van der Waals surface area contributed by atoms with Crippen LogP contribution in [0.5, 0.6) is 0 Å². The maximum absolute atomic E-state index is 6.08. The molecule has 16 heavy (non-hydrogen) atoms. The molecule has 0 spiro atoms. The standard InChI is InChI=1S/C11H15ClN4/c1-2-4-8-5-3-6-10(12)9(8)7-15-16-11(13)14/h3,5-7H,2,4H2,1H3,(H4,13,14,16)/b15-7+. The van der Waals surface area contributed by atoms with Gasteiger partial charge < -0.3 is 11.5 Å². The molecular weight excluding hydrogens is 224 g/mol.